The predicted molar refractivity (Wildman–Crippen MR) is 56.6 cm³/mol. The van der Waals surface area contributed by atoms with E-state index in [0.717, 1.165) is 5.56 Å². The van der Waals surface area contributed by atoms with Gasteiger partial charge in [-0.2, -0.15) is 13.2 Å². The maximum absolute atomic E-state index is 11.9. The molecule has 0 aromatic heterocycles. The van der Waals surface area contributed by atoms with Crippen molar-refractivity contribution in [1.82, 2.24) is 0 Å². The van der Waals surface area contributed by atoms with Gasteiger partial charge in [0.05, 0.1) is 0 Å². The lowest BCUT2D eigenvalue weighted by atomic mass is 10.0. The standard InChI is InChI=1S/C12H13F3O/c1-3-9(2)10-5-4-6-11(7-10)16-8-12(13,14)15/h3-7,9H,1,8H2,2H3. The quantitative estimate of drug-likeness (QED) is 0.712. The van der Waals surface area contributed by atoms with Gasteiger partial charge in [-0.05, 0) is 23.6 Å². The molecule has 0 bridgehead atoms. The number of allylic oxidation sites excluding steroid dienone is 1. The van der Waals surface area contributed by atoms with Crippen molar-refractivity contribution in [2.24, 2.45) is 0 Å². The second kappa shape index (κ2) is 5.05. The number of benzene rings is 1. The van der Waals surface area contributed by atoms with Crippen molar-refractivity contribution in [2.75, 3.05) is 6.61 Å². The number of hydrogen-bond donors (Lipinski definition) is 0. The summed E-state index contributed by atoms with van der Waals surface area (Å²) in [7, 11) is 0. The largest absolute Gasteiger partial charge is 0.484 e. The van der Waals surface area contributed by atoms with Crippen molar-refractivity contribution < 1.29 is 17.9 Å². The minimum absolute atomic E-state index is 0.0921. The molecule has 0 amide bonds. The number of alkyl halides is 3. The number of halogens is 3. The molecule has 0 radical (unpaired) electrons. The first-order valence-corrected chi connectivity index (χ1v) is 4.84. The highest BCUT2D eigenvalue weighted by Gasteiger charge is 2.28. The molecule has 0 N–H and O–H groups in total. The molecule has 1 unspecified atom stereocenters. The van der Waals surface area contributed by atoms with E-state index < -0.39 is 12.8 Å². The monoisotopic (exact) mass is 230 g/mol. The van der Waals surface area contributed by atoms with Crippen LogP contribution < -0.4 is 4.74 Å². The second-order valence-electron chi connectivity index (χ2n) is 3.50. The minimum Gasteiger partial charge on any atom is -0.484 e. The van der Waals surface area contributed by atoms with E-state index in [2.05, 4.69) is 11.3 Å². The van der Waals surface area contributed by atoms with E-state index in [1.807, 2.05) is 13.0 Å². The van der Waals surface area contributed by atoms with Gasteiger partial charge in [-0.3, -0.25) is 0 Å². The Labute approximate surface area is 92.5 Å². The van der Waals surface area contributed by atoms with E-state index in [1.165, 1.54) is 6.07 Å². The molecule has 0 saturated heterocycles. The van der Waals surface area contributed by atoms with Gasteiger partial charge >= 0.3 is 6.18 Å². The zero-order valence-corrected chi connectivity index (χ0v) is 8.92. The molecule has 16 heavy (non-hydrogen) atoms. The Kier molecular flexibility index (Phi) is 3.99. The smallest absolute Gasteiger partial charge is 0.422 e. The molecular formula is C12H13F3O. The van der Waals surface area contributed by atoms with Gasteiger partial charge in [0, 0.05) is 0 Å². The number of ether oxygens (including phenoxy) is 1. The Morgan fingerprint density at radius 3 is 2.69 bits per heavy atom. The van der Waals surface area contributed by atoms with E-state index in [0.29, 0.717) is 0 Å². The van der Waals surface area contributed by atoms with Crippen LogP contribution in [0.25, 0.3) is 0 Å². The lowest BCUT2D eigenvalue weighted by Crippen LogP contribution is -2.19. The van der Waals surface area contributed by atoms with Crippen LogP contribution in [0.2, 0.25) is 0 Å². The summed E-state index contributed by atoms with van der Waals surface area (Å²) in [5.41, 5.74) is 0.884. The lowest BCUT2D eigenvalue weighted by molar-refractivity contribution is -0.153. The first-order chi connectivity index (χ1) is 7.42. The van der Waals surface area contributed by atoms with Crippen molar-refractivity contribution in [1.29, 1.82) is 0 Å². The Bertz CT molecular complexity index is 358. The van der Waals surface area contributed by atoms with Crippen LogP contribution >= 0.6 is 0 Å². The van der Waals surface area contributed by atoms with Crippen molar-refractivity contribution in [3.05, 3.63) is 42.5 Å². The van der Waals surface area contributed by atoms with Crippen LogP contribution in [0.15, 0.2) is 36.9 Å². The molecule has 1 nitrogen and oxygen atoms in total. The molecule has 0 saturated carbocycles. The number of rotatable bonds is 4. The Hall–Kier alpha value is -1.45. The fraction of sp³-hybridized carbons (Fsp3) is 0.333. The van der Waals surface area contributed by atoms with E-state index >= 15 is 0 Å². The second-order valence-corrected chi connectivity index (χ2v) is 3.50. The molecule has 88 valence electrons. The summed E-state index contributed by atoms with van der Waals surface area (Å²) in [5.74, 6) is 0.318. The van der Waals surface area contributed by atoms with Crippen LogP contribution in [-0.4, -0.2) is 12.8 Å². The summed E-state index contributed by atoms with van der Waals surface area (Å²) in [6.45, 7) is 4.28. The molecule has 0 aliphatic carbocycles. The van der Waals surface area contributed by atoms with Crippen LogP contribution in [0.3, 0.4) is 0 Å². The van der Waals surface area contributed by atoms with Gasteiger partial charge in [-0.1, -0.05) is 25.1 Å². The number of hydrogen-bond acceptors (Lipinski definition) is 1. The van der Waals surface area contributed by atoms with Crippen LogP contribution in [0.5, 0.6) is 5.75 Å². The van der Waals surface area contributed by atoms with E-state index in [4.69, 9.17) is 0 Å². The lowest BCUT2D eigenvalue weighted by Gasteiger charge is -2.11. The van der Waals surface area contributed by atoms with Gasteiger partial charge in [0.25, 0.3) is 0 Å². The highest BCUT2D eigenvalue weighted by Crippen LogP contribution is 2.23. The summed E-state index contributed by atoms with van der Waals surface area (Å²) < 4.78 is 40.4. The Morgan fingerprint density at radius 1 is 1.44 bits per heavy atom. The molecule has 4 heteroatoms. The van der Waals surface area contributed by atoms with Crippen LogP contribution in [-0.2, 0) is 0 Å². The van der Waals surface area contributed by atoms with Gasteiger partial charge in [0.1, 0.15) is 5.75 Å². The summed E-state index contributed by atoms with van der Waals surface area (Å²) >= 11 is 0. The zero-order valence-electron chi connectivity index (χ0n) is 8.92. The molecule has 1 rings (SSSR count). The van der Waals surface area contributed by atoms with Crippen LogP contribution in [0.4, 0.5) is 13.2 Å². The molecule has 0 aliphatic heterocycles. The maximum atomic E-state index is 11.9. The molecule has 0 fully saturated rings. The van der Waals surface area contributed by atoms with Gasteiger partial charge in [-0.25, -0.2) is 0 Å². The van der Waals surface area contributed by atoms with Crippen molar-refractivity contribution in [2.45, 2.75) is 19.0 Å². The maximum Gasteiger partial charge on any atom is 0.422 e. The van der Waals surface area contributed by atoms with Gasteiger partial charge in [-0.15, -0.1) is 6.58 Å². The van der Waals surface area contributed by atoms with Crippen LogP contribution in [0, 0.1) is 0 Å². The third kappa shape index (κ3) is 3.96. The molecule has 0 aliphatic rings. The predicted octanol–water partition coefficient (Wildman–Crippen LogP) is 3.92. The van der Waals surface area contributed by atoms with Crippen molar-refractivity contribution >= 4 is 0 Å². The molecule has 0 heterocycles. The van der Waals surface area contributed by atoms with Crippen molar-refractivity contribution in [3.8, 4) is 5.75 Å². The third-order valence-electron chi connectivity index (χ3n) is 2.14. The molecule has 1 aromatic carbocycles. The third-order valence-corrected chi connectivity index (χ3v) is 2.14. The minimum atomic E-state index is -4.31. The average molecular weight is 230 g/mol. The van der Waals surface area contributed by atoms with Gasteiger partial charge < -0.3 is 4.74 Å². The highest BCUT2D eigenvalue weighted by atomic mass is 19.4. The summed E-state index contributed by atoms with van der Waals surface area (Å²) in [4.78, 5) is 0. The van der Waals surface area contributed by atoms with E-state index in [1.54, 1.807) is 18.2 Å². The van der Waals surface area contributed by atoms with E-state index in [9.17, 15) is 13.2 Å². The van der Waals surface area contributed by atoms with E-state index in [-0.39, 0.29) is 11.7 Å². The summed E-state index contributed by atoms with van der Waals surface area (Å²) in [6, 6.07) is 6.59. The normalized spacial score (nSPS) is 13.2. The average Bonchev–Trinajstić information content (AvgIpc) is 2.25. The molecular weight excluding hydrogens is 217 g/mol. The SMILES string of the molecule is C=CC(C)c1cccc(OCC(F)(F)F)c1. The topological polar surface area (TPSA) is 9.23 Å². The van der Waals surface area contributed by atoms with Gasteiger partial charge in [0.2, 0.25) is 0 Å². The molecule has 0 spiro atoms. The Morgan fingerprint density at radius 2 is 2.12 bits per heavy atom. The summed E-state index contributed by atoms with van der Waals surface area (Å²) in [5, 5.41) is 0. The van der Waals surface area contributed by atoms with Gasteiger partial charge in [0.15, 0.2) is 6.61 Å². The van der Waals surface area contributed by atoms with Crippen LogP contribution in [0.1, 0.15) is 18.4 Å². The first kappa shape index (κ1) is 12.6. The fourth-order valence-corrected chi connectivity index (χ4v) is 1.19. The molecule has 1 aromatic rings. The Balaban J connectivity index is 2.71. The van der Waals surface area contributed by atoms with Crippen molar-refractivity contribution in [3.63, 3.8) is 0 Å². The summed E-state index contributed by atoms with van der Waals surface area (Å²) in [6.07, 6.45) is -2.58. The zero-order chi connectivity index (χ0) is 12.2. The first-order valence-electron chi connectivity index (χ1n) is 4.84. The molecule has 1 atom stereocenters. The highest BCUT2D eigenvalue weighted by molar-refractivity contribution is 5.32. The fourth-order valence-electron chi connectivity index (χ4n) is 1.19.